The van der Waals surface area contributed by atoms with Crippen LogP contribution in [0.1, 0.15) is 0 Å². The number of hydrogen-bond acceptors (Lipinski definition) is 3. The lowest BCUT2D eigenvalue weighted by atomic mass is 10.1. The molecule has 0 bridgehead atoms. The number of methoxy groups -OCH3 is 1. The van der Waals surface area contributed by atoms with Gasteiger partial charge in [-0.1, -0.05) is 6.07 Å². The molecule has 2 aromatic rings. The van der Waals surface area contributed by atoms with Gasteiger partial charge in [0, 0.05) is 19.3 Å². The molecule has 0 aliphatic rings. The number of hydrogen-bond donors (Lipinski definition) is 2. The number of nitrogens with one attached hydrogen (secondary N) is 1. The Kier molecular flexibility index (Phi) is 3.74. The first-order valence-electron chi connectivity index (χ1n) is 5.86. The first-order chi connectivity index (χ1) is 9.51. The maximum absolute atomic E-state index is 11.6. The second-order valence-electron chi connectivity index (χ2n) is 4.21. The average Bonchev–Trinajstić information content (AvgIpc) is 2.42. The molecule has 6 heteroatoms. The molecule has 6 nitrogen and oxygen atoms in total. The Balaban J connectivity index is 2.45. The van der Waals surface area contributed by atoms with Crippen LogP contribution in [0.5, 0.6) is 5.75 Å². The number of aryl methyl sites for hydroxylation is 1. The standard InChI is InChI=1S/C14H14N2O4/c1-16-6-5-10(8-13(16)17)9-3-4-11(15-14(18)19)12(7-9)20-2/h3-8,15H,1-2H3,(H,18,19). The Labute approximate surface area is 115 Å². The van der Waals surface area contributed by atoms with Crippen molar-refractivity contribution in [2.24, 2.45) is 7.05 Å². The molecule has 20 heavy (non-hydrogen) atoms. The van der Waals surface area contributed by atoms with E-state index in [0.717, 1.165) is 11.1 Å². The number of anilines is 1. The number of nitrogens with zero attached hydrogens (tertiary/aromatic N) is 1. The highest BCUT2D eigenvalue weighted by atomic mass is 16.5. The van der Waals surface area contributed by atoms with E-state index in [0.29, 0.717) is 11.4 Å². The molecule has 0 aliphatic carbocycles. The lowest BCUT2D eigenvalue weighted by molar-refractivity contribution is 0.209. The smallest absolute Gasteiger partial charge is 0.409 e. The fourth-order valence-corrected chi connectivity index (χ4v) is 1.82. The molecule has 0 unspecified atom stereocenters. The summed E-state index contributed by atoms with van der Waals surface area (Å²) in [4.78, 5) is 22.3. The zero-order valence-corrected chi connectivity index (χ0v) is 11.1. The zero-order chi connectivity index (χ0) is 14.7. The van der Waals surface area contributed by atoms with Crippen molar-refractivity contribution in [1.82, 2.24) is 4.57 Å². The van der Waals surface area contributed by atoms with Crippen LogP contribution in [0.4, 0.5) is 10.5 Å². The number of aromatic nitrogens is 1. The van der Waals surface area contributed by atoms with E-state index in [1.54, 1.807) is 37.5 Å². The van der Waals surface area contributed by atoms with Gasteiger partial charge in [-0.05, 0) is 29.3 Å². The van der Waals surface area contributed by atoms with E-state index < -0.39 is 6.09 Å². The molecule has 2 N–H and O–H groups in total. The van der Waals surface area contributed by atoms with Crippen LogP contribution in [0.25, 0.3) is 11.1 Å². The zero-order valence-electron chi connectivity index (χ0n) is 11.1. The summed E-state index contributed by atoms with van der Waals surface area (Å²) in [6, 6.07) is 8.32. The van der Waals surface area contributed by atoms with Gasteiger partial charge in [-0.15, -0.1) is 0 Å². The molecular weight excluding hydrogens is 260 g/mol. The van der Waals surface area contributed by atoms with Crippen molar-refractivity contribution >= 4 is 11.8 Å². The minimum Gasteiger partial charge on any atom is -0.495 e. The highest BCUT2D eigenvalue weighted by Crippen LogP contribution is 2.30. The molecule has 0 fully saturated rings. The summed E-state index contributed by atoms with van der Waals surface area (Å²) in [5.74, 6) is 0.394. The van der Waals surface area contributed by atoms with Crippen molar-refractivity contribution in [3.8, 4) is 16.9 Å². The van der Waals surface area contributed by atoms with Gasteiger partial charge in [0.1, 0.15) is 5.75 Å². The number of carbonyl (C=O) groups is 1. The van der Waals surface area contributed by atoms with Gasteiger partial charge in [0.15, 0.2) is 0 Å². The second-order valence-corrected chi connectivity index (χ2v) is 4.21. The molecule has 1 heterocycles. The Morgan fingerprint density at radius 1 is 1.25 bits per heavy atom. The maximum Gasteiger partial charge on any atom is 0.409 e. The molecule has 0 aliphatic heterocycles. The van der Waals surface area contributed by atoms with Crippen LogP contribution >= 0.6 is 0 Å². The minimum atomic E-state index is -1.16. The SMILES string of the molecule is COc1cc(-c2ccn(C)c(=O)c2)ccc1NC(=O)O. The first kappa shape index (κ1) is 13.7. The van der Waals surface area contributed by atoms with Crippen LogP contribution in [-0.2, 0) is 7.05 Å². The summed E-state index contributed by atoms with van der Waals surface area (Å²) in [5, 5.41) is 11.0. The average molecular weight is 274 g/mol. The van der Waals surface area contributed by atoms with E-state index in [1.807, 2.05) is 0 Å². The van der Waals surface area contributed by atoms with Gasteiger partial charge < -0.3 is 14.4 Å². The third-order valence-electron chi connectivity index (χ3n) is 2.88. The molecule has 1 aromatic heterocycles. The van der Waals surface area contributed by atoms with Gasteiger partial charge in [-0.3, -0.25) is 10.1 Å². The van der Waals surface area contributed by atoms with Gasteiger partial charge >= 0.3 is 6.09 Å². The van der Waals surface area contributed by atoms with E-state index in [1.165, 1.54) is 17.7 Å². The van der Waals surface area contributed by atoms with E-state index >= 15 is 0 Å². The van der Waals surface area contributed by atoms with Crippen molar-refractivity contribution in [3.63, 3.8) is 0 Å². The molecule has 0 saturated heterocycles. The minimum absolute atomic E-state index is 0.116. The molecule has 104 valence electrons. The molecule has 2 rings (SSSR count). The van der Waals surface area contributed by atoms with Gasteiger partial charge in [0.25, 0.3) is 5.56 Å². The highest BCUT2D eigenvalue weighted by Gasteiger charge is 2.08. The quantitative estimate of drug-likeness (QED) is 0.898. The fraction of sp³-hybridized carbons (Fsp3) is 0.143. The van der Waals surface area contributed by atoms with Gasteiger partial charge in [-0.25, -0.2) is 4.79 Å². The predicted molar refractivity (Wildman–Crippen MR) is 75.3 cm³/mol. The molecule has 1 amide bonds. The first-order valence-corrected chi connectivity index (χ1v) is 5.86. The van der Waals surface area contributed by atoms with Gasteiger partial charge in [0.05, 0.1) is 12.8 Å². The highest BCUT2D eigenvalue weighted by molar-refractivity contribution is 5.86. The molecule has 0 spiro atoms. The Morgan fingerprint density at radius 2 is 1.95 bits per heavy atom. The van der Waals surface area contributed by atoms with E-state index in [9.17, 15) is 9.59 Å². The van der Waals surface area contributed by atoms with Crippen LogP contribution in [0, 0.1) is 0 Å². The van der Waals surface area contributed by atoms with Crippen molar-refractivity contribution in [3.05, 3.63) is 46.9 Å². The lowest BCUT2D eigenvalue weighted by Crippen LogP contribution is -2.14. The normalized spacial score (nSPS) is 10.1. The van der Waals surface area contributed by atoms with Crippen molar-refractivity contribution in [1.29, 1.82) is 0 Å². The van der Waals surface area contributed by atoms with Crippen LogP contribution in [0.3, 0.4) is 0 Å². The summed E-state index contributed by atoms with van der Waals surface area (Å²) < 4.78 is 6.63. The Bertz CT molecular complexity index is 707. The van der Waals surface area contributed by atoms with Gasteiger partial charge in [0.2, 0.25) is 0 Å². The molecular formula is C14H14N2O4. The second kappa shape index (κ2) is 5.48. The number of benzene rings is 1. The monoisotopic (exact) mass is 274 g/mol. The molecule has 0 atom stereocenters. The Morgan fingerprint density at radius 3 is 2.55 bits per heavy atom. The van der Waals surface area contributed by atoms with Crippen molar-refractivity contribution in [2.45, 2.75) is 0 Å². The molecule has 0 radical (unpaired) electrons. The Hall–Kier alpha value is -2.76. The van der Waals surface area contributed by atoms with Crippen LogP contribution in [0.15, 0.2) is 41.3 Å². The predicted octanol–water partition coefficient (Wildman–Crippen LogP) is 2.15. The molecule has 1 aromatic carbocycles. The largest absolute Gasteiger partial charge is 0.495 e. The number of rotatable bonds is 3. The number of amides is 1. The third kappa shape index (κ3) is 2.80. The molecule has 0 saturated carbocycles. The van der Waals surface area contributed by atoms with E-state index in [-0.39, 0.29) is 5.56 Å². The van der Waals surface area contributed by atoms with Gasteiger partial charge in [-0.2, -0.15) is 0 Å². The number of pyridine rings is 1. The number of ether oxygens (including phenoxy) is 1. The van der Waals surface area contributed by atoms with Crippen molar-refractivity contribution < 1.29 is 14.6 Å². The van der Waals surface area contributed by atoms with Crippen molar-refractivity contribution in [2.75, 3.05) is 12.4 Å². The number of carboxylic acid groups (broad SMARTS) is 1. The van der Waals surface area contributed by atoms with Crippen LogP contribution in [0.2, 0.25) is 0 Å². The van der Waals surface area contributed by atoms with Crippen LogP contribution in [-0.4, -0.2) is 22.9 Å². The lowest BCUT2D eigenvalue weighted by Gasteiger charge is -2.10. The summed E-state index contributed by atoms with van der Waals surface area (Å²) in [6.45, 7) is 0. The summed E-state index contributed by atoms with van der Waals surface area (Å²) >= 11 is 0. The fourth-order valence-electron chi connectivity index (χ4n) is 1.82. The summed E-state index contributed by atoms with van der Waals surface area (Å²) in [5.41, 5.74) is 1.76. The third-order valence-corrected chi connectivity index (χ3v) is 2.88. The van der Waals surface area contributed by atoms with E-state index in [4.69, 9.17) is 9.84 Å². The summed E-state index contributed by atoms with van der Waals surface area (Å²) in [6.07, 6.45) is 0.512. The topological polar surface area (TPSA) is 80.6 Å². The maximum atomic E-state index is 11.6. The summed E-state index contributed by atoms with van der Waals surface area (Å²) in [7, 11) is 3.13. The van der Waals surface area contributed by atoms with E-state index in [2.05, 4.69) is 5.32 Å². The van der Waals surface area contributed by atoms with Crippen LogP contribution < -0.4 is 15.6 Å².